The molecule has 1 aliphatic rings. The lowest BCUT2D eigenvalue weighted by Gasteiger charge is -2.15. The third-order valence-electron chi connectivity index (χ3n) is 4.40. The van der Waals surface area contributed by atoms with Crippen molar-refractivity contribution in [1.82, 2.24) is 4.90 Å². The number of carboxylic acids is 2. The van der Waals surface area contributed by atoms with Crippen LogP contribution in [0.1, 0.15) is 39.1 Å². The van der Waals surface area contributed by atoms with Gasteiger partial charge in [-0.25, -0.2) is 9.59 Å². The lowest BCUT2D eigenvalue weighted by atomic mass is 10.1. The number of likely N-dealkylation sites (tertiary alicyclic amines) is 1. The summed E-state index contributed by atoms with van der Waals surface area (Å²) in [5.41, 5.74) is 2.32. The molecule has 1 fully saturated rings. The summed E-state index contributed by atoms with van der Waals surface area (Å²) in [6, 6.07) is 13.8. The number of hydrogen-bond acceptors (Lipinski definition) is 4. The molecule has 1 saturated heterocycles. The molecule has 0 atom stereocenters. The second-order valence-electron chi connectivity index (χ2n) is 6.83. The molecule has 2 aromatic rings. The summed E-state index contributed by atoms with van der Waals surface area (Å²) in [5, 5.41) is 18.9. The molecule has 0 saturated carbocycles. The van der Waals surface area contributed by atoms with Crippen LogP contribution in [0.15, 0.2) is 48.5 Å². The number of halogens is 3. The van der Waals surface area contributed by atoms with Crippen LogP contribution in [-0.4, -0.2) is 52.2 Å². The van der Waals surface area contributed by atoms with E-state index in [0.717, 1.165) is 25.2 Å². The van der Waals surface area contributed by atoms with Crippen LogP contribution in [0.2, 0.25) is 0 Å². The van der Waals surface area contributed by atoms with Gasteiger partial charge in [0.2, 0.25) is 0 Å². The second-order valence-corrected chi connectivity index (χ2v) is 6.83. The van der Waals surface area contributed by atoms with Gasteiger partial charge in [-0.2, -0.15) is 13.2 Å². The number of alkyl halides is 3. The lowest BCUT2D eigenvalue weighted by molar-refractivity contribution is -0.192. The first-order chi connectivity index (χ1) is 14.6. The minimum Gasteiger partial charge on any atom is -0.478 e. The Bertz CT molecular complexity index is 941. The Labute approximate surface area is 176 Å². The largest absolute Gasteiger partial charge is 0.490 e. The minimum absolute atomic E-state index is 0.149. The number of nitrogens with zero attached hydrogens (tertiary/aromatic N) is 1. The maximum absolute atomic E-state index is 12.4. The summed E-state index contributed by atoms with van der Waals surface area (Å²) in [4.78, 5) is 34.7. The SMILES string of the molecule is O=C(O)C(F)(F)F.O=C(O)c1cccc(NC(=O)c2cccc(CN3CCCC3)c2)c1. The average Bonchev–Trinajstić information content (AvgIpc) is 3.21. The molecule has 3 rings (SSSR count). The van der Waals surface area contributed by atoms with Crippen LogP contribution in [0.25, 0.3) is 0 Å². The molecule has 1 amide bonds. The lowest BCUT2D eigenvalue weighted by Crippen LogP contribution is -2.21. The molecule has 31 heavy (non-hydrogen) atoms. The number of hydrogen-bond donors (Lipinski definition) is 3. The van der Waals surface area contributed by atoms with E-state index in [1.807, 2.05) is 18.2 Å². The van der Waals surface area contributed by atoms with Gasteiger partial charge in [0, 0.05) is 17.8 Å². The number of aromatic carboxylic acids is 1. The number of carbonyl (C=O) groups is 3. The van der Waals surface area contributed by atoms with E-state index in [-0.39, 0.29) is 11.5 Å². The zero-order chi connectivity index (χ0) is 23.0. The number of benzene rings is 2. The number of rotatable bonds is 5. The van der Waals surface area contributed by atoms with Crippen molar-refractivity contribution in [2.75, 3.05) is 18.4 Å². The van der Waals surface area contributed by atoms with Crippen molar-refractivity contribution in [2.24, 2.45) is 0 Å². The summed E-state index contributed by atoms with van der Waals surface area (Å²) >= 11 is 0. The Kier molecular flexibility index (Phi) is 8.14. The third kappa shape index (κ3) is 7.74. The fourth-order valence-corrected chi connectivity index (χ4v) is 2.94. The van der Waals surface area contributed by atoms with Gasteiger partial charge in [-0.3, -0.25) is 9.69 Å². The van der Waals surface area contributed by atoms with Crippen LogP contribution in [0.4, 0.5) is 18.9 Å². The van der Waals surface area contributed by atoms with E-state index in [1.165, 1.54) is 25.0 Å². The van der Waals surface area contributed by atoms with Crippen molar-refractivity contribution in [2.45, 2.75) is 25.6 Å². The molecule has 0 radical (unpaired) electrons. The van der Waals surface area contributed by atoms with Crippen molar-refractivity contribution in [1.29, 1.82) is 0 Å². The molecule has 3 N–H and O–H groups in total. The summed E-state index contributed by atoms with van der Waals surface area (Å²) in [6.07, 6.45) is -2.61. The first-order valence-corrected chi connectivity index (χ1v) is 9.32. The Morgan fingerprint density at radius 3 is 2.10 bits per heavy atom. The topological polar surface area (TPSA) is 107 Å². The van der Waals surface area contributed by atoms with Crippen molar-refractivity contribution in [3.63, 3.8) is 0 Å². The molecule has 7 nitrogen and oxygen atoms in total. The van der Waals surface area contributed by atoms with Gasteiger partial charge in [-0.05, 0) is 61.8 Å². The van der Waals surface area contributed by atoms with Crippen molar-refractivity contribution in [3.05, 3.63) is 65.2 Å². The molecular weight excluding hydrogens is 417 g/mol. The molecule has 10 heteroatoms. The van der Waals surface area contributed by atoms with Gasteiger partial charge in [0.15, 0.2) is 0 Å². The van der Waals surface area contributed by atoms with Crippen LogP contribution in [0, 0.1) is 0 Å². The van der Waals surface area contributed by atoms with Crippen LogP contribution in [-0.2, 0) is 11.3 Å². The predicted octanol–water partition coefficient (Wildman–Crippen LogP) is 3.87. The third-order valence-corrected chi connectivity index (χ3v) is 4.40. The molecular formula is C21H21F3N2O5. The summed E-state index contributed by atoms with van der Waals surface area (Å²) in [6.45, 7) is 3.08. The smallest absolute Gasteiger partial charge is 0.478 e. The van der Waals surface area contributed by atoms with Crippen LogP contribution < -0.4 is 5.32 Å². The Morgan fingerprint density at radius 1 is 0.935 bits per heavy atom. The fraction of sp³-hybridized carbons (Fsp3) is 0.286. The highest BCUT2D eigenvalue weighted by atomic mass is 19.4. The van der Waals surface area contributed by atoms with Gasteiger partial charge in [0.05, 0.1) is 5.56 Å². The monoisotopic (exact) mass is 438 g/mol. The number of carboxylic acid groups (broad SMARTS) is 2. The van der Waals surface area contributed by atoms with E-state index in [9.17, 15) is 22.8 Å². The fourth-order valence-electron chi connectivity index (χ4n) is 2.94. The normalized spacial score (nSPS) is 13.8. The Hall–Kier alpha value is -3.40. The molecule has 0 bridgehead atoms. The predicted molar refractivity (Wildman–Crippen MR) is 106 cm³/mol. The van der Waals surface area contributed by atoms with E-state index >= 15 is 0 Å². The summed E-state index contributed by atoms with van der Waals surface area (Å²) in [7, 11) is 0. The van der Waals surface area contributed by atoms with E-state index in [2.05, 4.69) is 10.2 Å². The number of nitrogens with one attached hydrogen (secondary N) is 1. The number of amides is 1. The van der Waals surface area contributed by atoms with E-state index < -0.39 is 18.1 Å². The molecule has 0 aromatic heterocycles. The summed E-state index contributed by atoms with van der Waals surface area (Å²) in [5.74, 6) is -4.01. The van der Waals surface area contributed by atoms with Gasteiger partial charge < -0.3 is 15.5 Å². The van der Waals surface area contributed by atoms with Gasteiger partial charge in [-0.1, -0.05) is 18.2 Å². The van der Waals surface area contributed by atoms with Crippen molar-refractivity contribution in [3.8, 4) is 0 Å². The summed E-state index contributed by atoms with van der Waals surface area (Å²) < 4.78 is 31.7. The Morgan fingerprint density at radius 2 is 1.52 bits per heavy atom. The molecule has 0 unspecified atom stereocenters. The highest BCUT2D eigenvalue weighted by Crippen LogP contribution is 2.16. The molecule has 1 heterocycles. The standard InChI is InChI=1S/C19H20N2O3.C2HF3O2/c22-18(20-17-8-4-7-16(12-17)19(23)24)15-6-3-5-14(11-15)13-21-9-1-2-10-21;3-2(4,5)1(6)7/h3-8,11-12H,1-2,9-10,13H2,(H,20,22)(H,23,24);(H,6,7). The first-order valence-electron chi connectivity index (χ1n) is 9.32. The van der Waals surface area contributed by atoms with Gasteiger partial charge in [-0.15, -0.1) is 0 Å². The maximum Gasteiger partial charge on any atom is 0.490 e. The molecule has 166 valence electrons. The number of carbonyl (C=O) groups excluding carboxylic acids is 1. The zero-order valence-electron chi connectivity index (χ0n) is 16.4. The highest BCUT2D eigenvalue weighted by Gasteiger charge is 2.38. The van der Waals surface area contributed by atoms with Crippen LogP contribution in [0.5, 0.6) is 0 Å². The van der Waals surface area contributed by atoms with Crippen molar-refractivity contribution < 1.29 is 37.8 Å². The molecule has 1 aliphatic heterocycles. The van der Waals surface area contributed by atoms with E-state index in [0.29, 0.717) is 11.3 Å². The van der Waals surface area contributed by atoms with Gasteiger partial charge in [0.1, 0.15) is 0 Å². The molecule has 0 aliphatic carbocycles. The second kappa shape index (κ2) is 10.6. The quantitative estimate of drug-likeness (QED) is 0.654. The van der Waals surface area contributed by atoms with Crippen LogP contribution >= 0.6 is 0 Å². The average molecular weight is 438 g/mol. The molecule has 2 aromatic carbocycles. The van der Waals surface area contributed by atoms with Crippen LogP contribution in [0.3, 0.4) is 0 Å². The van der Waals surface area contributed by atoms with Crippen molar-refractivity contribution >= 4 is 23.5 Å². The van der Waals surface area contributed by atoms with E-state index in [1.54, 1.807) is 18.2 Å². The maximum atomic E-state index is 12.4. The number of anilines is 1. The zero-order valence-corrected chi connectivity index (χ0v) is 16.4. The first kappa shape index (κ1) is 23.9. The number of aliphatic carboxylic acids is 1. The Balaban J connectivity index is 0.000000423. The minimum atomic E-state index is -5.08. The highest BCUT2D eigenvalue weighted by molar-refractivity contribution is 6.04. The van der Waals surface area contributed by atoms with E-state index in [4.69, 9.17) is 15.0 Å². The molecule has 0 spiro atoms. The van der Waals surface area contributed by atoms with Gasteiger partial charge >= 0.3 is 18.1 Å². The van der Waals surface area contributed by atoms with Gasteiger partial charge in [0.25, 0.3) is 5.91 Å².